The highest BCUT2D eigenvalue weighted by Gasteiger charge is 2.28. The lowest BCUT2D eigenvalue weighted by molar-refractivity contribution is 0.101. The van der Waals surface area contributed by atoms with Gasteiger partial charge >= 0.3 is 0 Å². The number of hydrogen-bond acceptors (Lipinski definition) is 2. The van der Waals surface area contributed by atoms with Gasteiger partial charge in [-0.05, 0) is 37.1 Å². The van der Waals surface area contributed by atoms with Crippen LogP contribution in [0.15, 0.2) is 0 Å². The lowest BCUT2D eigenvalue weighted by atomic mass is 9.91. The van der Waals surface area contributed by atoms with Crippen molar-refractivity contribution in [1.29, 1.82) is 0 Å². The first-order chi connectivity index (χ1) is 8.81. The maximum atomic E-state index is 3.77. The van der Waals surface area contributed by atoms with E-state index in [0.29, 0.717) is 11.5 Å². The zero-order chi connectivity index (χ0) is 14.5. The monoisotopic (exact) mass is 268 g/mol. The molecule has 1 N–H and O–H groups in total. The third-order valence-corrected chi connectivity index (χ3v) is 4.14. The van der Waals surface area contributed by atoms with Crippen LogP contribution in [0.4, 0.5) is 0 Å². The highest BCUT2D eigenvalue weighted by molar-refractivity contribution is 4.87. The van der Waals surface area contributed by atoms with Crippen molar-refractivity contribution in [2.75, 3.05) is 19.6 Å². The van der Waals surface area contributed by atoms with Crippen LogP contribution in [0, 0.1) is 11.3 Å². The third-order valence-electron chi connectivity index (χ3n) is 4.14. The highest BCUT2D eigenvalue weighted by atomic mass is 15.2. The van der Waals surface area contributed by atoms with E-state index in [2.05, 4.69) is 51.8 Å². The van der Waals surface area contributed by atoms with Gasteiger partial charge in [0.25, 0.3) is 0 Å². The van der Waals surface area contributed by atoms with Crippen LogP contribution in [-0.4, -0.2) is 36.6 Å². The number of piperazine rings is 1. The van der Waals surface area contributed by atoms with Crippen LogP contribution in [0.5, 0.6) is 0 Å². The van der Waals surface area contributed by atoms with Crippen molar-refractivity contribution in [2.45, 2.75) is 79.3 Å². The van der Waals surface area contributed by atoms with E-state index in [0.717, 1.165) is 12.0 Å². The maximum absolute atomic E-state index is 3.77. The molecule has 2 atom stereocenters. The molecule has 0 aromatic heterocycles. The maximum Gasteiger partial charge on any atom is 0.0221 e. The smallest absolute Gasteiger partial charge is 0.0221 e. The second-order valence-corrected chi connectivity index (χ2v) is 7.98. The summed E-state index contributed by atoms with van der Waals surface area (Å²) in [5.74, 6) is 0.796. The predicted octanol–water partition coefficient (Wildman–Crippen LogP) is 3.91. The Kier molecular flexibility index (Phi) is 6.82. The van der Waals surface area contributed by atoms with Crippen molar-refractivity contribution in [3.63, 3.8) is 0 Å². The van der Waals surface area contributed by atoms with Gasteiger partial charge in [0.2, 0.25) is 0 Å². The molecular formula is C17H36N2. The molecule has 0 amide bonds. The molecular weight excluding hydrogens is 232 g/mol. The van der Waals surface area contributed by atoms with Gasteiger partial charge in [-0.1, -0.05) is 48.0 Å². The SMILES string of the molecule is CCCC1CNC(CC(C)C)CN1CCC(C)(C)C. The Labute approximate surface area is 121 Å². The Morgan fingerprint density at radius 2 is 1.95 bits per heavy atom. The summed E-state index contributed by atoms with van der Waals surface area (Å²) in [5, 5.41) is 3.77. The molecule has 2 unspecified atom stereocenters. The molecule has 1 rings (SSSR count). The molecule has 1 saturated heterocycles. The van der Waals surface area contributed by atoms with Crippen molar-refractivity contribution in [3.05, 3.63) is 0 Å². The minimum Gasteiger partial charge on any atom is -0.311 e. The molecule has 2 nitrogen and oxygen atoms in total. The van der Waals surface area contributed by atoms with Crippen molar-refractivity contribution < 1.29 is 0 Å². The molecule has 0 radical (unpaired) electrons. The van der Waals surface area contributed by atoms with Gasteiger partial charge in [-0.15, -0.1) is 0 Å². The van der Waals surface area contributed by atoms with Crippen LogP contribution in [0.25, 0.3) is 0 Å². The van der Waals surface area contributed by atoms with E-state index in [9.17, 15) is 0 Å². The topological polar surface area (TPSA) is 15.3 Å². The molecule has 0 aliphatic carbocycles. The molecule has 1 fully saturated rings. The highest BCUT2D eigenvalue weighted by Crippen LogP contribution is 2.22. The zero-order valence-electron chi connectivity index (χ0n) is 14.1. The first-order valence-electron chi connectivity index (χ1n) is 8.29. The number of hydrogen-bond donors (Lipinski definition) is 1. The van der Waals surface area contributed by atoms with E-state index in [4.69, 9.17) is 0 Å². The normalized spacial score (nSPS) is 26.1. The summed E-state index contributed by atoms with van der Waals surface area (Å²) in [6, 6.07) is 1.46. The summed E-state index contributed by atoms with van der Waals surface area (Å²) in [5.41, 5.74) is 0.454. The third kappa shape index (κ3) is 6.76. The minimum absolute atomic E-state index is 0.454. The summed E-state index contributed by atoms with van der Waals surface area (Å²) in [6.07, 6.45) is 5.26. The van der Waals surface area contributed by atoms with Crippen molar-refractivity contribution in [1.82, 2.24) is 10.2 Å². The number of nitrogens with one attached hydrogen (secondary N) is 1. The molecule has 0 bridgehead atoms. The minimum atomic E-state index is 0.454. The van der Waals surface area contributed by atoms with Gasteiger partial charge in [0.15, 0.2) is 0 Å². The molecule has 0 aromatic rings. The Morgan fingerprint density at radius 3 is 2.47 bits per heavy atom. The molecule has 2 heteroatoms. The Bertz CT molecular complexity index is 242. The van der Waals surface area contributed by atoms with Gasteiger partial charge < -0.3 is 5.32 Å². The summed E-state index contributed by atoms with van der Waals surface area (Å²) in [7, 11) is 0. The van der Waals surface area contributed by atoms with Crippen molar-refractivity contribution >= 4 is 0 Å². The fourth-order valence-electron chi connectivity index (χ4n) is 3.03. The molecule has 114 valence electrons. The van der Waals surface area contributed by atoms with Gasteiger partial charge in [-0.2, -0.15) is 0 Å². The van der Waals surface area contributed by atoms with E-state index in [1.54, 1.807) is 0 Å². The van der Waals surface area contributed by atoms with Crippen LogP contribution in [0.1, 0.15) is 67.2 Å². The zero-order valence-corrected chi connectivity index (χ0v) is 14.1. The summed E-state index contributed by atoms with van der Waals surface area (Å²) in [6.45, 7) is 17.8. The summed E-state index contributed by atoms with van der Waals surface area (Å²) < 4.78 is 0. The largest absolute Gasteiger partial charge is 0.311 e. The van der Waals surface area contributed by atoms with Crippen molar-refractivity contribution in [3.8, 4) is 0 Å². The van der Waals surface area contributed by atoms with Crippen LogP contribution in [0.2, 0.25) is 0 Å². The van der Waals surface area contributed by atoms with Gasteiger partial charge in [-0.25, -0.2) is 0 Å². The fourth-order valence-corrected chi connectivity index (χ4v) is 3.03. The first-order valence-corrected chi connectivity index (χ1v) is 8.29. The standard InChI is InChI=1S/C17H36N2/c1-7-8-16-12-18-15(11-14(2)3)13-19(16)10-9-17(4,5)6/h14-16,18H,7-13H2,1-6H3. The average Bonchev–Trinajstić information content (AvgIpc) is 2.27. The van der Waals surface area contributed by atoms with Crippen LogP contribution < -0.4 is 5.32 Å². The fraction of sp³-hybridized carbons (Fsp3) is 1.00. The van der Waals surface area contributed by atoms with E-state index in [1.807, 2.05) is 0 Å². The average molecular weight is 268 g/mol. The van der Waals surface area contributed by atoms with Crippen LogP contribution >= 0.6 is 0 Å². The quantitative estimate of drug-likeness (QED) is 0.785. The van der Waals surface area contributed by atoms with Crippen LogP contribution in [0.3, 0.4) is 0 Å². The Hall–Kier alpha value is -0.0800. The second-order valence-electron chi connectivity index (χ2n) is 7.98. The molecule has 0 spiro atoms. The molecule has 19 heavy (non-hydrogen) atoms. The lowest BCUT2D eigenvalue weighted by Gasteiger charge is -2.42. The van der Waals surface area contributed by atoms with Crippen molar-refractivity contribution in [2.24, 2.45) is 11.3 Å². The first kappa shape index (κ1) is 17.0. The summed E-state index contributed by atoms with van der Waals surface area (Å²) >= 11 is 0. The number of nitrogens with zero attached hydrogens (tertiary/aromatic N) is 1. The van der Waals surface area contributed by atoms with E-state index in [-0.39, 0.29) is 0 Å². The Balaban J connectivity index is 2.52. The summed E-state index contributed by atoms with van der Waals surface area (Å²) in [4.78, 5) is 2.76. The molecule has 1 heterocycles. The Morgan fingerprint density at radius 1 is 1.26 bits per heavy atom. The molecule has 1 aliphatic heterocycles. The van der Waals surface area contributed by atoms with Crippen LogP contribution in [-0.2, 0) is 0 Å². The molecule has 0 aromatic carbocycles. The van der Waals surface area contributed by atoms with E-state index in [1.165, 1.54) is 45.3 Å². The van der Waals surface area contributed by atoms with Gasteiger partial charge in [-0.3, -0.25) is 4.90 Å². The molecule has 0 saturated carbocycles. The number of rotatable bonds is 6. The van der Waals surface area contributed by atoms with Gasteiger partial charge in [0.05, 0.1) is 0 Å². The molecule has 1 aliphatic rings. The second kappa shape index (κ2) is 7.64. The van der Waals surface area contributed by atoms with E-state index < -0.39 is 0 Å². The van der Waals surface area contributed by atoms with Gasteiger partial charge in [0.1, 0.15) is 0 Å². The lowest BCUT2D eigenvalue weighted by Crippen LogP contribution is -2.57. The van der Waals surface area contributed by atoms with E-state index >= 15 is 0 Å². The van der Waals surface area contributed by atoms with Gasteiger partial charge in [0, 0.05) is 25.2 Å². The predicted molar refractivity (Wildman–Crippen MR) is 85.6 cm³/mol.